The highest BCUT2D eigenvalue weighted by Crippen LogP contribution is 2.35. The van der Waals surface area contributed by atoms with Crippen molar-refractivity contribution in [2.24, 2.45) is 0 Å². The smallest absolute Gasteiger partial charge is 0.319 e. The minimum Gasteiger partial charge on any atom is -0.468 e. The summed E-state index contributed by atoms with van der Waals surface area (Å²) in [6.45, 7) is 1.66. The quantitative estimate of drug-likeness (QED) is 0.223. The summed E-state index contributed by atoms with van der Waals surface area (Å²) in [4.78, 5) is 32.2. The lowest BCUT2D eigenvalue weighted by atomic mass is 9.79. The van der Waals surface area contributed by atoms with Crippen LogP contribution < -0.4 is 10.6 Å². The molecule has 0 aromatic rings. The van der Waals surface area contributed by atoms with Crippen LogP contribution in [0.2, 0.25) is 0 Å². The summed E-state index contributed by atoms with van der Waals surface area (Å²) in [7, 11) is 2.62. The number of nitrogens with zero attached hydrogens (tertiary/aromatic N) is 1. The Labute approximate surface area is 194 Å². The lowest BCUT2D eigenvalue weighted by molar-refractivity contribution is -0.493. The molecule has 186 valence electrons. The molecule has 0 aromatic heterocycles. The van der Waals surface area contributed by atoms with E-state index in [1.54, 1.807) is 0 Å². The van der Waals surface area contributed by atoms with E-state index in [-0.39, 0.29) is 30.0 Å². The highest BCUT2D eigenvalue weighted by Gasteiger charge is 2.45. The number of hydrogen-bond donors (Lipinski definition) is 2. The van der Waals surface area contributed by atoms with Crippen molar-refractivity contribution in [3.05, 3.63) is 10.1 Å². The number of alkyl halides is 2. The van der Waals surface area contributed by atoms with Crippen LogP contribution in [0.5, 0.6) is 0 Å². The lowest BCUT2D eigenvalue weighted by Gasteiger charge is -2.41. The molecule has 0 saturated heterocycles. The van der Waals surface area contributed by atoms with Crippen molar-refractivity contribution in [1.82, 2.24) is 10.6 Å². The molecule has 2 N–H and O–H groups in total. The van der Waals surface area contributed by atoms with Gasteiger partial charge in [-0.2, -0.15) is 0 Å². The zero-order chi connectivity index (χ0) is 24.2. The van der Waals surface area contributed by atoms with Gasteiger partial charge in [-0.15, -0.1) is 11.6 Å². The number of ether oxygens (including phenoxy) is 2. The van der Waals surface area contributed by atoms with Gasteiger partial charge in [0.15, 0.2) is 0 Å². The minimum absolute atomic E-state index is 0.0754. The maximum atomic E-state index is 13.9. The first kappa shape index (κ1) is 28.5. The van der Waals surface area contributed by atoms with Gasteiger partial charge in [0.2, 0.25) is 6.54 Å². The van der Waals surface area contributed by atoms with E-state index in [1.165, 1.54) is 27.1 Å². The first-order valence-electron chi connectivity index (χ1n) is 11.2. The highest BCUT2D eigenvalue weighted by atomic mass is 35.5. The summed E-state index contributed by atoms with van der Waals surface area (Å²) >= 11 is 6.35. The maximum Gasteiger partial charge on any atom is 0.319 e. The molecule has 4 unspecified atom stereocenters. The molecule has 2 aliphatic carbocycles. The average Bonchev–Trinajstić information content (AvgIpc) is 2.78. The maximum absolute atomic E-state index is 13.9. The van der Waals surface area contributed by atoms with Crippen LogP contribution in [-0.2, 0) is 19.1 Å². The summed E-state index contributed by atoms with van der Waals surface area (Å²) < 4.78 is 23.0. The fraction of sp³-hybridized carbons (Fsp3) is 0.905. The molecule has 0 aliphatic heterocycles. The van der Waals surface area contributed by atoms with Gasteiger partial charge in [0, 0.05) is 10.5 Å². The van der Waals surface area contributed by atoms with Gasteiger partial charge in [0.1, 0.15) is 11.7 Å². The van der Waals surface area contributed by atoms with Gasteiger partial charge in [0.25, 0.3) is 0 Å². The molecule has 2 saturated carbocycles. The van der Waals surface area contributed by atoms with Gasteiger partial charge in [-0.25, -0.2) is 4.39 Å². The molecule has 32 heavy (non-hydrogen) atoms. The number of nitrogens with one attached hydrogen (secondary N) is 2. The number of esters is 2. The number of methoxy groups -OCH3 is 2. The third kappa shape index (κ3) is 8.44. The number of hydrogen-bond acceptors (Lipinski definition) is 8. The van der Waals surface area contributed by atoms with Gasteiger partial charge >= 0.3 is 11.9 Å². The summed E-state index contributed by atoms with van der Waals surface area (Å²) in [5.74, 6) is -0.775. The van der Waals surface area contributed by atoms with E-state index < -0.39 is 29.1 Å². The third-order valence-corrected chi connectivity index (χ3v) is 7.16. The van der Waals surface area contributed by atoms with E-state index in [1.807, 2.05) is 0 Å². The van der Waals surface area contributed by atoms with Gasteiger partial charge in [-0.1, -0.05) is 32.6 Å². The van der Waals surface area contributed by atoms with Gasteiger partial charge in [-0.3, -0.25) is 30.3 Å². The summed E-state index contributed by atoms with van der Waals surface area (Å²) in [6.07, 6.45) is 6.22. The van der Waals surface area contributed by atoms with Gasteiger partial charge < -0.3 is 9.47 Å². The molecule has 2 rings (SSSR count). The number of carbonyl (C=O) groups excluding carboxylic acids is 2. The van der Waals surface area contributed by atoms with Crippen molar-refractivity contribution in [2.45, 2.75) is 87.3 Å². The second kappa shape index (κ2) is 13.9. The Morgan fingerprint density at radius 2 is 1.53 bits per heavy atom. The van der Waals surface area contributed by atoms with Crippen molar-refractivity contribution in [3.8, 4) is 0 Å². The standard InChI is InChI=1S/C11H20ClNO2.C10H17FN2O4/c1-3-11(13-8-10(14)15-2)7-5-4-6-9(11)12;1-17-9(14)6-12-10(7-13(15)16)5-3-2-4-8(10)11/h9,13H,3-8H2,1-2H3;8,12H,2-7H2,1H3. The van der Waals surface area contributed by atoms with E-state index >= 15 is 0 Å². The molecule has 0 aromatic carbocycles. The Morgan fingerprint density at radius 1 is 1.03 bits per heavy atom. The van der Waals surface area contributed by atoms with E-state index in [0.29, 0.717) is 12.8 Å². The Morgan fingerprint density at radius 3 is 1.97 bits per heavy atom. The molecule has 0 radical (unpaired) electrons. The predicted molar refractivity (Wildman–Crippen MR) is 119 cm³/mol. The molecule has 11 heteroatoms. The van der Waals surface area contributed by atoms with Crippen molar-refractivity contribution in [2.75, 3.05) is 33.9 Å². The SMILES string of the molecule is CCC1(NCC(=O)OC)CCCCC1Cl.COC(=O)CNC1(C[N+](=O)[O-])CCCCC1F. The number of halogens is 2. The summed E-state index contributed by atoms with van der Waals surface area (Å²) in [5.41, 5.74) is -1.30. The normalized spacial score (nSPS) is 29.9. The fourth-order valence-corrected chi connectivity index (χ4v) is 4.92. The van der Waals surface area contributed by atoms with E-state index in [2.05, 4.69) is 27.0 Å². The Bertz CT molecular complexity index is 628. The van der Waals surface area contributed by atoms with Crippen LogP contribution in [0.15, 0.2) is 0 Å². The van der Waals surface area contributed by atoms with Crippen molar-refractivity contribution in [1.29, 1.82) is 0 Å². The number of carbonyl (C=O) groups is 2. The van der Waals surface area contributed by atoms with Crippen molar-refractivity contribution >= 4 is 23.5 Å². The fourth-order valence-electron chi connectivity index (χ4n) is 4.42. The number of nitro groups is 1. The third-order valence-electron chi connectivity index (χ3n) is 6.53. The molecule has 4 atom stereocenters. The van der Waals surface area contributed by atoms with Crippen molar-refractivity contribution in [3.63, 3.8) is 0 Å². The zero-order valence-corrected chi connectivity index (χ0v) is 20.0. The molecule has 9 nitrogen and oxygen atoms in total. The second-order valence-corrected chi connectivity index (χ2v) is 8.97. The molecule has 0 spiro atoms. The lowest BCUT2D eigenvalue weighted by Crippen LogP contribution is -2.60. The minimum atomic E-state index is -1.30. The largest absolute Gasteiger partial charge is 0.468 e. The van der Waals surface area contributed by atoms with Gasteiger partial charge in [-0.05, 0) is 32.1 Å². The van der Waals surface area contributed by atoms with Crippen LogP contribution in [0.4, 0.5) is 4.39 Å². The van der Waals surface area contributed by atoms with Crippen LogP contribution in [-0.4, -0.2) is 73.3 Å². The zero-order valence-electron chi connectivity index (χ0n) is 19.3. The Balaban J connectivity index is 0.000000323. The van der Waals surface area contributed by atoms with Gasteiger partial charge in [0.05, 0.1) is 32.7 Å². The van der Waals surface area contributed by atoms with Crippen LogP contribution >= 0.6 is 11.6 Å². The van der Waals surface area contributed by atoms with E-state index in [4.69, 9.17) is 11.6 Å². The molecule has 0 bridgehead atoms. The Hall–Kier alpha value is -1.52. The molecule has 0 amide bonds. The molecular formula is C21H37ClFN3O6. The highest BCUT2D eigenvalue weighted by molar-refractivity contribution is 6.21. The van der Waals surface area contributed by atoms with E-state index in [9.17, 15) is 24.1 Å². The second-order valence-electron chi connectivity index (χ2n) is 8.44. The van der Waals surface area contributed by atoms with Crippen LogP contribution in [0.1, 0.15) is 64.7 Å². The first-order chi connectivity index (χ1) is 15.1. The average molecular weight is 482 g/mol. The molecular weight excluding hydrogens is 445 g/mol. The van der Waals surface area contributed by atoms with Crippen molar-refractivity contribution < 1.29 is 28.4 Å². The molecule has 0 heterocycles. The Kier molecular flexibility index (Phi) is 12.4. The summed E-state index contributed by atoms with van der Waals surface area (Å²) in [5, 5.41) is 16.7. The van der Waals surface area contributed by atoms with Crippen LogP contribution in [0.3, 0.4) is 0 Å². The monoisotopic (exact) mass is 481 g/mol. The van der Waals surface area contributed by atoms with Crippen LogP contribution in [0, 0.1) is 10.1 Å². The summed E-state index contributed by atoms with van der Waals surface area (Å²) in [6, 6.07) is 0. The molecule has 2 fully saturated rings. The predicted octanol–water partition coefficient (Wildman–Crippen LogP) is 2.76. The number of rotatable bonds is 9. The van der Waals surface area contributed by atoms with Crippen LogP contribution in [0.25, 0.3) is 0 Å². The van der Waals surface area contributed by atoms with E-state index in [0.717, 1.165) is 32.1 Å². The molecule has 2 aliphatic rings. The first-order valence-corrected chi connectivity index (χ1v) is 11.6. The topological polar surface area (TPSA) is 120 Å².